The van der Waals surface area contributed by atoms with Crippen molar-refractivity contribution >= 4 is 18.3 Å². The van der Waals surface area contributed by atoms with E-state index in [0.717, 1.165) is 12.8 Å². The second-order valence-electron chi connectivity index (χ2n) is 5.09. The van der Waals surface area contributed by atoms with Crippen LogP contribution in [0.15, 0.2) is 0 Å². The standard InChI is InChI=1S/C13H22N2O5/c1-2-3-5-10(8-14(20)9-16)12(17)15-7-4-6-11(15)13(18)19/h9-11,20H,2-8H2,1H3,(H,18,19). The van der Waals surface area contributed by atoms with E-state index < -0.39 is 17.9 Å². The van der Waals surface area contributed by atoms with Gasteiger partial charge in [-0.15, -0.1) is 0 Å². The first kappa shape index (κ1) is 16.4. The molecule has 0 aromatic heterocycles. The van der Waals surface area contributed by atoms with Crippen LogP contribution in [0.2, 0.25) is 0 Å². The van der Waals surface area contributed by atoms with Crippen molar-refractivity contribution in [1.29, 1.82) is 0 Å². The zero-order chi connectivity index (χ0) is 15.1. The molecule has 1 aliphatic rings. The molecular weight excluding hydrogens is 264 g/mol. The van der Waals surface area contributed by atoms with Gasteiger partial charge in [0.25, 0.3) is 0 Å². The lowest BCUT2D eigenvalue weighted by atomic mass is 10.00. The molecule has 1 aliphatic heterocycles. The number of aliphatic carboxylic acids is 1. The van der Waals surface area contributed by atoms with E-state index in [1.165, 1.54) is 4.90 Å². The first-order valence-electron chi connectivity index (χ1n) is 6.95. The molecule has 0 spiro atoms. The number of likely N-dealkylation sites (tertiary alicyclic amines) is 1. The largest absolute Gasteiger partial charge is 0.480 e. The minimum atomic E-state index is -0.999. The Morgan fingerprint density at radius 1 is 1.50 bits per heavy atom. The number of nitrogens with zero attached hydrogens (tertiary/aromatic N) is 2. The fourth-order valence-electron chi connectivity index (χ4n) is 2.53. The van der Waals surface area contributed by atoms with Crippen molar-refractivity contribution in [2.24, 2.45) is 5.92 Å². The summed E-state index contributed by atoms with van der Waals surface area (Å²) >= 11 is 0. The molecule has 0 bridgehead atoms. The van der Waals surface area contributed by atoms with Crippen LogP contribution < -0.4 is 0 Å². The molecule has 0 aromatic carbocycles. The molecule has 0 saturated carbocycles. The highest BCUT2D eigenvalue weighted by atomic mass is 16.5. The van der Waals surface area contributed by atoms with Gasteiger partial charge >= 0.3 is 5.97 Å². The molecule has 2 amide bonds. The van der Waals surface area contributed by atoms with Gasteiger partial charge in [-0.2, -0.15) is 0 Å². The van der Waals surface area contributed by atoms with E-state index >= 15 is 0 Å². The van der Waals surface area contributed by atoms with Crippen molar-refractivity contribution in [3.8, 4) is 0 Å². The minimum absolute atomic E-state index is 0.0921. The van der Waals surface area contributed by atoms with Crippen LogP contribution in [-0.2, 0) is 14.4 Å². The van der Waals surface area contributed by atoms with Gasteiger partial charge in [-0.25, -0.2) is 9.86 Å². The van der Waals surface area contributed by atoms with Gasteiger partial charge in [0.15, 0.2) is 0 Å². The Hall–Kier alpha value is -1.63. The first-order chi connectivity index (χ1) is 9.51. The molecule has 1 fully saturated rings. The fraction of sp³-hybridized carbons (Fsp3) is 0.769. The molecule has 2 unspecified atom stereocenters. The van der Waals surface area contributed by atoms with E-state index in [1.807, 2.05) is 6.92 Å². The lowest BCUT2D eigenvalue weighted by Gasteiger charge is -2.27. The monoisotopic (exact) mass is 286 g/mol. The zero-order valence-corrected chi connectivity index (χ0v) is 11.7. The summed E-state index contributed by atoms with van der Waals surface area (Å²) in [5, 5.41) is 18.8. The van der Waals surface area contributed by atoms with Gasteiger partial charge in [-0.1, -0.05) is 19.8 Å². The summed E-state index contributed by atoms with van der Waals surface area (Å²) in [6.07, 6.45) is 3.58. The Bertz CT molecular complexity index is 361. The molecule has 20 heavy (non-hydrogen) atoms. The van der Waals surface area contributed by atoms with Crippen molar-refractivity contribution < 1.29 is 24.7 Å². The van der Waals surface area contributed by atoms with Crippen LogP contribution in [0.4, 0.5) is 0 Å². The Kier molecular flexibility index (Phi) is 6.44. The van der Waals surface area contributed by atoms with Gasteiger partial charge in [0.2, 0.25) is 12.3 Å². The average Bonchev–Trinajstić information content (AvgIpc) is 2.91. The van der Waals surface area contributed by atoms with Gasteiger partial charge in [0, 0.05) is 6.54 Å². The lowest BCUT2D eigenvalue weighted by molar-refractivity contribution is -0.159. The third kappa shape index (κ3) is 4.19. The quantitative estimate of drug-likeness (QED) is 0.389. The normalized spacial score (nSPS) is 19.7. The summed E-state index contributed by atoms with van der Waals surface area (Å²) in [6.45, 7) is 2.31. The van der Waals surface area contributed by atoms with Crippen molar-refractivity contribution in [2.75, 3.05) is 13.1 Å². The van der Waals surface area contributed by atoms with Crippen LogP contribution in [0.25, 0.3) is 0 Å². The van der Waals surface area contributed by atoms with Crippen LogP contribution in [-0.4, -0.2) is 57.7 Å². The molecule has 7 heteroatoms. The van der Waals surface area contributed by atoms with Crippen molar-refractivity contribution in [2.45, 2.75) is 45.1 Å². The SMILES string of the molecule is CCCCC(CN(O)C=O)C(=O)N1CCCC1C(=O)O. The van der Waals surface area contributed by atoms with E-state index in [-0.39, 0.29) is 18.9 Å². The predicted octanol–water partition coefficient (Wildman–Crippen LogP) is 0.716. The fourth-order valence-corrected chi connectivity index (χ4v) is 2.53. The van der Waals surface area contributed by atoms with Crippen LogP contribution >= 0.6 is 0 Å². The number of unbranched alkanes of at least 4 members (excludes halogenated alkanes) is 1. The number of carbonyl (C=O) groups excluding carboxylic acids is 2. The maximum absolute atomic E-state index is 12.4. The Balaban J connectivity index is 2.75. The van der Waals surface area contributed by atoms with Crippen molar-refractivity contribution in [3.05, 3.63) is 0 Å². The summed E-state index contributed by atoms with van der Waals surface area (Å²) < 4.78 is 0. The van der Waals surface area contributed by atoms with Gasteiger partial charge in [0.05, 0.1) is 12.5 Å². The summed E-state index contributed by atoms with van der Waals surface area (Å²) in [5.41, 5.74) is 0. The maximum atomic E-state index is 12.4. The number of carboxylic acids is 1. The van der Waals surface area contributed by atoms with Gasteiger partial charge in [-0.05, 0) is 19.3 Å². The molecule has 0 radical (unpaired) electrons. The van der Waals surface area contributed by atoms with E-state index in [0.29, 0.717) is 30.9 Å². The number of rotatable bonds is 8. The van der Waals surface area contributed by atoms with Gasteiger partial charge in [-0.3, -0.25) is 14.8 Å². The third-order valence-electron chi connectivity index (χ3n) is 3.61. The molecule has 1 heterocycles. The zero-order valence-electron chi connectivity index (χ0n) is 11.7. The number of carbonyl (C=O) groups is 3. The highest BCUT2D eigenvalue weighted by Crippen LogP contribution is 2.22. The van der Waals surface area contributed by atoms with Gasteiger partial charge < -0.3 is 10.0 Å². The second kappa shape index (κ2) is 7.84. The molecule has 7 nitrogen and oxygen atoms in total. The van der Waals surface area contributed by atoms with Crippen LogP contribution in [0, 0.1) is 5.92 Å². The molecule has 1 saturated heterocycles. The summed E-state index contributed by atoms with van der Waals surface area (Å²) in [7, 11) is 0. The number of carboxylic acid groups (broad SMARTS) is 1. The molecule has 0 aliphatic carbocycles. The maximum Gasteiger partial charge on any atom is 0.326 e. The Morgan fingerprint density at radius 3 is 2.75 bits per heavy atom. The molecule has 114 valence electrons. The Morgan fingerprint density at radius 2 is 2.20 bits per heavy atom. The summed E-state index contributed by atoms with van der Waals surface area (Å²) in [4.78, 5) is 35.4. The second-order valence-corrected chi connectivity index (χ2v) is 5.09. The van der Waals surface area contributed by atoms with E-state index in [4.69, 9.17) is 5.11 Å². The summed E-state index contributed by atoms with van der Waals surface area (Å²) in [6, 6.07) is -0.782. The summed E-state index contributed by atoms with van der Waals surface area (Å²) in [5.74, 6) is -1.84. The molecular formula is C13H22N2O5. The Labute approximate surface area is 118 Å². The van der Waals surface area contributed by atoms with Crippen LogP contribution in [0.3, 0.4) is 0 Å². The predicted molar refractivity (Wildman–Crippen MR) is 69.9 cm³/mol. The van der Waals surface area contributed by atoms with Crippen molar-refractivity contribution in [1.82, 2.24) is 9.96 Å². The lowest BCUT2D eigenvalue weighted by Crippen LogP contribution is -2.46. The number of amides is 2. The smallest absolute Gasteiger partial charge is 0.326 e. The average molecular weight is 286 g/mol. The van der Waals surface area contributed by atoms with E-state index in [1.54, 1.807) is 0 Å². The van der Waals surface area contributed by atoms with E-state index in [2.05, 4.69) is 0 Å². The van der Waals surface area contributed by atoms with Gasteiger partial charge in [0.1, 0.15) is 6.04 Å². The topological polar surface area (TPSA) is 98.2 Å². The van der Waals surface area contributed by atoms with Crippen LogP contribution in [0.5, 0.6) is 0 Å². The molecule has 0 aromatic rings. The molecule has 1 rings (SSSR count). The highest BCUT2D eigenvalue weighted by molar-refractivity contribution is 5.85. The third-order valence-corrected chi connectivity index (χ3v) is 3.61. The number of hydrogen-bond donors (Lipinski definition) is 2. The van der Waals surface area contributed by atoms with E-state index in [9.17, 15) is 19.6 Å². The minimum Gasteiger partial charge on any atom is -0.480 e. The number of hydroxylamine groups is 2. The molecule has 2 N–H and O–H groups in total. The van der Waals surface area contributed by atoms with Crippen LogP contribution in [0.1, 0.15) is 39.0 Å². The van der Waals surface area contributed by atoms with Crippen molar-refractivity contribution in [3.63, 3.8) is 0 Å². The number of hydrogen-bond acceptors (Lipinski definition) is 4. The highest BCUT2D eigenvalue weighted by Gasteiger charge is 2.37. The molecule has 2 atom stereocenters. The first-order valence-corrected chi connectivity index (χ1v) is 6.95.